The van der Waals surface area contributed by atoms with Crippen LogP contribution in [0.15, 0.2) is 40.7 Å². The van der Waals surface area contributed by atoms with Crippen molar-refractivity contribution in [3.8, 4) is 0 Å². The number of benzene rings is 1. The van der Waals surface area contributed by atoms with Gasteiger partial charge in [0.2, 0.25) is 0 Å². The third kappa shape index (κ3) is 7.50. The Hall–Kier alpha value is -1.19. The number of nitrogens with one attached hydrogen (secondary N) is 1. The number of guanidine groups is 1. The lowest BCUT2D eigenvalue weighted by atomic mass is 9.93. The Kier molecular flexibility index (Phi) is 10.0. The molecule has 2 aromatic rings. The van der Waals surface area contributed by atoms with Crippen LogP contribution >= 0.6 is 35.3 Å². The predicted octanol–water partition coefficient (Wildman–Crippen LogP) is 5.06. The summed E-state index contributed by atoms with van der Waals surface area (Å²) in [6.07, 6.45) is 1.14. The highest BCUT2D eigenvalue weighted by Crippen LogP contribution is 2.24. The van der Waals surface area contributed by atoms with Crippen LogP contribution in [0.25, 0.3) is 0 Å². The summed E-state index contributed by atoms with van der Waals surface area (Å²) < 4.78 is 5.96. The van der Waals surface area contributed by atoms with Crippen LogP contribution in [0.5, 0.6) is 0 Å². The Morgan fingerprint density at radius 3 is 2.73 bits per heavy atom. The van der Waals surface area contributed by atoms with Gasteiger partial charge in [-0.15, -0.1) is 35.3 Å². The Morgan fingerprint density at radius 1 is 1.30 bits per heavy atom. The summed E-state index contributed by atoms with van der Waals surface area (Å²) in [6, 6.07) is 10.4. The fraction of sp³-hybridized carbons (Fsp3) is 0.565. The maximum Gasteiger partial charge on any atom is 0.194 e. The number of rotatable bonds is 7. The van der Waals surface area contributed by atoms with Crippen molar-refractivity contribution < 1.29 is 4.74 Å². The molecule has 3 rings (SSSR count). The van der Waals surface area contributed by atoms with Crippen LogP contribution in [0.4, 0.5) is 0 Å². The van der Waals surface area contributed by atoms with E-state index in [1.54, 1.807) is 11.3 Å². The van der Waals surface area contributed by atoms with E-state index in [0.29, 0.717) is 19.1 Å². The lowest BCUT2D eigenvalue weighted by Crippen LogP contribution is -2.40. The van der Waals surface area contributed by atoms with E-state index in [1.807, 2.05) is 6.07 Å². The number of aromatic nitrogens is 1. The molecule has 0 radical (unpaired) electrons. The number of ether oxygens (including phenoxy) is 1. The van der Waals surface area contributed by atoms with Crippen LogP contribution in [0.1, 0.15) is 50.4 Å². The Bertz CT molecular complexity index is 788. The first-order chi connectivity index (χ1) is 14.0. The molecule has 1 aliphatic rings. The molecule has 1 aromatic carbocycles. The van der Waals surface area contributed by atoms with Crippen molar-refractivity contribution in [3.05, 3.63) is 52.0 Å². The number of likely N-dealkylation sites (tertiary alicyclic amines) is 1. The summed E-state index contributed by atoms with van der Waals surface area (Å²) in [7, 11) is 0. The second-order valence-electron chi connectivity index (χ2n) is 8.65. The van der Waals surface area contributed by atoms with Crippen molar-refractivity contribution in [2.24, 2.45) is 10.9 Å². The monoisotopic (exact) mass is 542 g/mol. The van der Waals surface area contributed by atoms with Gasteiger partial charge in [0.15, 0.2) is 5.96 Å². The smallest absolute Gasteiger partial charge is 0.194 e. The fourth-order valence-electron chi connectivity index (χ4n) is 3.38. The summed E-state index contributed by atoms with van der Waals surface area (Å²) in [5.41, 5.74) is 2.47. The molecule has 30 heavy (non-hydrogen) atoms. The number of hydrogen-bond acceptors (Lipinski definition) is 4. The van der Waals surface area contributed by atoms with Crippen molar-refractivity contribution in [3.63, 3.8) is 0 Å². The molecule has 1 saturated heterocycles. The zero-order valence-corrected chi connectivity index (χ0v) is 21.7. The van der Waals surface area contributed by atoms with Crippen LogP contribution in [-0.4, -0.2) is 42.1 Å². The zero-order valence-electron chi connectivity index (χ0n) is 18.6. The van der Waals surface area contributed by atoms with Gasteiger partial charge in [0.1, 0.15) is 5.01 Å². The van der Waals surface area contributed by atoms with Crippen molar-refractivity contribution in [1.82, 2.24) is 15.2 Å². The zero-order chi connectivity index (χ0) is 20.7. The molecule has 166 valence electrons. The third-order valence-corrected chi connectivity index (χ3v) is 5.90. The predicted molar refractivity (Wildman–Crippen MR) is 137 cm³/mol. The van der Waals surface area contributed by atoms with Crippen molar-refractivity contribution >= 4 is 41.3 Å². The van der Waals surface area contributed by atoms with Crippen LogP contribution in [0, 0.1) is 5.92 Å². The molecule has 0 spiro atoms. The van der Waals surface area contributed by atoms with E-state index in [2.05, 4.69) is 67.6 Å². The number of nitrogens with zero attached hydrogens (tertiary/aromatic N) is 3. The fourth-order valence-corrected chi connectivity index (χ4v) is 4.32. The first kappa shape index (κ1) is 25.1. The van der Waals surface area contributed by atoms with Gasteiger partial charge in [-0.3, -0.25) is 0 Å². The third-order valence-electron chi connectivity index (χ3n) is 5.07. The highest BCUT2D eigenvalue weighted by Gasteiger charge is 2.25. The number of halogens is 1. The van der Waals surface area contributed by atoms with Gasteiger partial charge >= 0.3 is 0 Å². The van der Waals surface area contributed by atoms with Crippen LogP contribution in [-0.2, 0) is 23.3 Å². The summed E-state index contributed by atoms with van der Waals surface area (Å²) >= 11 is 1.70. The molecular formula is C23H35IN4OS. The normalized spacial score (nSPS) is 17.1. The average molecular weight is 543 g/mol. The van der Waals surface area contributed by atoms with E-state index in [1.165, 1.54) is 5.56 Å². The van der Waals surface area contributed by atoms with Gasteiger partial charge in [-0.25, -0.2) is 9.98 Å². The summed E-state index contributed by atoms with van der Waals surface area (Å²) in [5.74, 6) is 1.54. The molecule has 1 aliphatic heterocycles. The number of aliphatic imine (C=N–C) groups is 1. The van der Waals surface area contributed by atoms with Gasteiger partial charge < -0.3 is 15.0 Å². The molecule has 0 bridgehead atoms. The highest BCUT2D eigenvalue weighted by molar-refractivity contribution is 14.0. The second kappa shape index (κ2) is 12.0. The molecule has 0 aliphatic carbocycles. The van der Waals surface area contributed by atoms with E-state index in [9.17, 15) is 0 Å². The molecule has 1 atom stereocenters. The minimum atomic E-state index is 0. The topological polar surface area (TPSA) is 49.8 Å². The lowest BCUT2D eigenvalue weighted by Gasteiger charge is -2.21. The Labute approximate surface area is 202 Å². The minimum Gasteiger partial charge on any atom is -0.376 e. The first-order valence-corrected chi connectivity index (χ1v) is 11.4. The van der Waals surface area contributed by atoms with Gasteiger partial charge in [0.25, 0.3) is 0 Å². The van der Waals surface area contributed by atoms with Gasteiger partial charge in [-0.1, -0.05) is 51.1 Å². The Morgan fingerprint density at radius 2 is 2.07 bits per heavy atom. The summed E-state index contributed by atoms with van der Waals surface area (Å²) in [4.78, 5) is 12.0. The lowest BCUT2D eigenvalue weighted by molar-refractivity contribution is 0.0906. The first-order valence-electron chi connectivity index (χ1n) is 10.6. The molecule has 2 heterocycles. The van der Waals surface area contributed by atoms with E-state index in [-0.39, 0.29) is 29.4 Å². The summed E-state index contributed by atoms with van der Waals surface area (Å²) in [5, 5.41) is 6.68. The minimum absolute atomic E-state index is 0. The van der Waals surface area contributed by atoms with Crippen molar-refractivity contribution in [1.29, 1.82) is 0 Å². The SMILES string of the molecule is CCNC(=NCc1nc(C(C)(C)C)cs1)N1CCC(COCc2ccccc2)C1.I. The molecule has 1 unspecified atom stereocenters. The molecule has 0 amide bonds. The number of thiazole rings is 1. The van der Waals surface area contributed by atoms with Gasteiger partial charge in [-0.05, 0) is 18.9 Å². The van der Waals surface area contributed by atoms with E-state index in [0.717, 1.165) is 49.3 Å². The van der Waals surface area contributed by atoms with Crippen LogP contribution in [0.2, 0.25) is 0 Å². The molecule has 0 saturated carbocycles. The van der Waals surface area contributed by atoms with E-state index >= 15 is 0 Å². The molecule has 1 fully saturated rings. The second-order valence-corrected chi connectivity index (χ2v) is 9.59. The van der Waals surface area contributed by atoms with Crippen molar-refractivity contribution in [2.75, 3.05) is 26.2 Å². The molecular weight excluding hydrogens is 507 g/mol. The standard InChI is InChI=1S/C23H34N4OS.HI/c1-5-24-22(25-13-21-26-20(17-29-21)23(2,3)4)27-12-11-19(14-27)16-28-15-18-9-7-6-8-10-18;/h6-10,17,19H,5,11-16H2,1-4H3,(H,24,25);1H. The highest BCUT2D eigenvalue weighted by atomic mass is 127. The maximum atomic E-state index is 5.96. The van der Waals surface area contributed by atoms with E-state index in [4.69, 9.17) is 14.7 Å². The molecule has 5 nitrogen and oxygen atoms in total. The molecule has 7 heteroatoms. The molecule has 1 N–H and O–H groups in total. The Balaban J connectivity index is 0.00000320. The van der Waals surface area contributed by atoms with Crippen LogP contribution in [0.3, 0.4) is 0 Å². The van der Waals surface area contributed by atoms with Crippen LogP contribution < -0.4 is 5.32 Å². The quantitative estimate of drug-likeness (QED) is 0.302. The maximum absolute atomic E-state index is 5.96. The molecule has 1 aromatic heterocycles. The van der Waals surface area contributed by atoms with Gasteiger partial charge in [-0.2, -0.15) is 0 Å². The summed E-state index contributed by atoms with van der Waals surface area (Å²) in [6.45, 7) is 13.7. The largest absolute Gasteiger partial charge is 0.376 e. The average Bonchev–Trinajstić information content (AvgIpc) is 3.36. The van der Waals surface area contributed by atoms with Gasteiger partial charge in [0.05, 0.1) is 25.5 Å². The number of hydrogen-bond donors (Lipinski definition) is 1. The van der Waals surface area contributed by atoms with Crippen molar-refractivity contribution in [2.45, 2.75) is 52.7 Å². The van der Waals surface area contributed by atoms with E-state index < -0.39 is 0 Å². The van der Waals surface area contributed by atoms with Gasteiger partial charge in [0, 0.05) is 36.3 Å².